The van der Waals surface area contributed by atoms with Gasteiger partial charge >= 0.3 is 0 Å². The number of anilines is 1. The standard InChI is InChI=1S/C12H11FN4O/c13-9-3-4-11-15-12(16-17(11)8-9)14-6-5-10-2-1-7-18-10/h1-4,7-8H,5-6H2,(H,14,16). The molecule has 3 heterocycles. The second-order valence-corrected chi connectivity index (χ2v) is 3.84. The van der Waals surface area contributed by atoms with Crippen molar-refractivity contribution >= 4 is 11.6 Å². The summed E-state index contributed by atoms with van der Waals surface area (Å²) >= 11 is 0. The largest absolute Gasteiger partial charge is 0.469 e. The molecule has 92 valence electrons. The third-order valence-corrected chi connectivity index (χ3v) is 2.53. The van der Waals surface area contributed by atoms with Crippen molar-refractivity contribution in [3.63, 3.8) is 0 Å². The van der Waals surface area contributed by atoms with Crippen LogP contribution in [0, 0.1) is 5.82 Å². The molecule has 3 rings (SSSR count). The molecule has 0 aromatic carbocycles. The molecule has 0 aliphatic heterocycles. The summed E-state index contributed by atoms with van der Waals surface area (Å²) in [7, 11) is 0. The Labute approximate surface area is 102 Å². The summed E-state index contributed by atoms with van der Waals surface area (Å²) in [6.45, 7) is 0.660. The van der Waals surface area contributed by atoms with Crippen LogP contribution in [0.25, 0.3) is 5.65 Å². The fourth-order valence-electron chi connectivity index (χ4n) is 1.69. The Bertz CT molecular complexity index is 647. The van der Waals surface area contributed by atoms with E-state index in [1.807, 2.05) is 12.1 Å². The van der Waals surface area contributed by atoms with Crippen molar-refractivity contribution in [1.29, 1.82) is 0 Å². The fraction of sp³-hybridized carbons (Fsp3) is 0.167. The molecule has 0 saturated carbocycles. The fourth-order valence-corrected chi connectivity index (χ4v) is 1.69. The number of pyridine rings is 1. The van der Waals surface area contributed by atoms with Gasteiger partial charge in [-0.15, -0.1) is 5.10 Å². The highest BCUT2D eigenvalue weighted by molar-refractivity contribution is 5.43. The third-order valence-electron chi connectivity index (χ3n) is 2.53. The summed E-state index contributed by atoms with van der Waals surface area (Å²) < 4.78 is 19.6. The number of furan rings is 1. The molecule has 0 saturated heterocycles. The summed E-state index contributed by atoms with van der Waals surface area (Å²) in [4.78, 5) is 4.22. The Hall–Kier alpha value is -2.37. The van der Waals surface area contributed by atoms with Crippen LogP contribution in [-0.2, 0) is 6.42 Å². The highest BCUT2D eigenvalue weighted by Gasteiger charge is 2.04. The predicted molar refractivity (Wildman–Crippen MR) is 63.8 cm³/mol. The Balaban J connectivity index is 1.67. The van der Waals surface area contributed by atoms with E-state index in [0.717, 1.165) is 12.2 Å². The molecule has 0 spiro atoms. The molecule has 0 aliphatic rings. The van der Waals surface area contributed by atoms with Crippen LogP contribution in [0.1, 0.15) is 5.76 Å². The van der Waals surface area contributed by atoms with Gasteiger partial charge in [-0.3, -0.25) is 0 Å². The first kappa shape index (κ1) is 10.8. The van der Waals surface area contributed by atoms with Crippen molar-refractivity contribution in [3.05, 3.63) is 48.3 Å². The van der Waals surface area contributed by atoms with Gasteiger partial charge in [0.15, 0.2) is 5.65 Å². The molecule has 6 heteroatoms. The number of aromatic nitrogens is 3. The molecule has 0 unspecified atom stereocenters. The first-order chi connectivity index (χ1) is 8.81. The number of halogens is 1. The van der Waals surface area contributed by atoms with E-state index in [1.165, 1.54) is 16.8 Å². The van der Waals surface area contributed by atoms with Gasteiger partial charge in [-0.2, -0.15) is 4.98 Å². The third kappa shape index (κ3) is 2.17. The van der Waals surface area contributed by atoms with Crippen LogP contribution in [0.2, 0.25) is 0 Å². The number of fused-ring (bicyclic) bond motifs is 1. The molecular weight excluding hydrogens is 235 g/mol. The lowest BCUT2D eigenvalue weighted by atomic mass is 10.3. The van der Waals surface area contributed by atoms with Gasteiger partial charge in [0.1, 0.15) is 11.6 Å². The Kier molecular flexibility index (Phi) is 2.68. The lowest BCUT2D eigenvalue weighted by Gasteiger charge is -1.98. The Morgan fingerprint density at radius 1 is 1.33 bits per heavy atom. The van der Waals surface area contributed by atoms with E-state index in [-0.39, 0.29) is 5.82 Å². The van der Waals surface area contributed by atoms with Gasteiger partial charge in [-0.1, -0.05) is 0 Å². The second-order valence-electron chi connectivity index (χ2n) is 3.84. The molecule has 3 aromatic rings. The van der Waals surface area contributed by atoms with Crippen LogP contribution in [0.5, 0.6) is 0 Å². The molecule has 18 heavy (non-hydrogen) atoms. The normalized spacial score (nSPS) is 10.9. The van der Waals surface area contributed by atoms with Crippen molar-refractivity contribution in [2.24, 2.45) is 0 Å². The minimum absolute atomic E-state index is 0.338. The summed E-state index contributed by atoms with van der Waals surface area (Å²) in [6.07, 6.45) is 3.68. The maximum Gasteiger partial charge on any atom is 0.243 e. The lowest BCUT2D eigenvalue weighted by molar-refractivity contribution is 0.512. The first-order valence-corrected chi connectivity index (χ1v) is 5.59. The van der Waals surface area contributed by atoms with E-state index in [0.29, 0.717) is 18.1 Å². The van der Waals surface area contributed by atoms with Gasteiger partial charge in [-0.05, 0) is 24.3 Å². The molecule has 0 atom stereocenters. The molecular formula is C12H11FN4O. The number of rotatable bonds is 4. The molecule has 1 N–H and O–H groups in total. The number of hydrogen-bond donors (Lipinski definition) is 1. The number of hydrogen-bond acceptors (Lipinski definition) is 4. The van der Waals surface area contributed by atoms with Crippen LogP contribution in [0.3, 0.4) is 0 Å². The molecule has 5 nitrogen and oxygen atoms in total. The summed E-state index contributed by atoms with van der Waals surface area (Å²) in [5.41, 5.74) is 0.608. The maximum atomic E-state index is 13.0. The highest BCUT2D eigenvalue weighted by atomic mass is 19.1. The van der Waals surface area contributed by atoms with Crippen molar-refractivity contribution in [3.8, 4) is 0 Å². The topological polar surface area (TPSA) is 55.4 Å². The van der Waals surface area contributed by atoms with Crippen molar-refractivity contribution in [2.75, 3.05) is 11.9 Å². The van der Waals surface area contributed by atoms with Crippen molar-refractivity contribution in [1.82, 2.24) is 14.6 Å². The predicted octanol–water partition coefficient (Wildman–Crippen LogP) is 2.12. The average Bonchev–Trinajstić information content (AvgIpc) is 2.97. The van der Waals surface area contributed by atoms with E-state index in [1.54, 1.807) is 12.3 Å². The zero-order valence-corrected chi connectivity index (χ0v) is 9.51. The molecule has 0 radical (unpaired) electrons. The van der Waals surface area contributed by atoms with Crippen molar-refractivity contribution in [2.45, 2.75) is 6.42 Å². The van der Waals surface area contributed by atoms with Crippen LogP contribution in [0.15, 0.2) is 41.1 Å². The first-order valence-electron chi connectivity index (χ1n) is 5.59. The molecule has 0 aliphatic carbocycles. The second kappa shape index (κ2) is 4.48. The molecule has 0 amide bonds. The number of nitrogens with one attached hydrogen (secondary N) is 1. The summed E-state index contributed by atoms with van der Waals surface area (Å²) in [5.74, 6) is 1.04. The smallest absolute Gasteiger partial charge is 0.243 e. The Morgan fingerprint density at radius 2 is 2.28 bits per heavy atom. The monoisotopic (exact) mass is 246 g/mol. The van der Waals surface area contributed by atoms with Gasteiger partial charge in [0.25, 0.3) is 0 Å². The van der Waals surface area contributed by atoms with Crippen LogP contribution in [0.4, 0.5) is 10.3 Å². The Morgan fingerprint density at radius 3 is 3.11 bits per heavy atom. The summed E-state index contributed by atoms with van der Waals surface area (Å²) in [5, 5.41) is 7.18. The highest BCUT2D eigenvalue weighted by Crippen LogP contribution is 2.07. The van der Waals surface area contributed by atoms with Gasteiger partial charge in [0.05, 0.1) is 12.5 Å². The number of nitrogens with zero attached hydrogens (tertiary/aromatic N) is 3. The molecule has 3 aromatic heterocycles. The van der Waals surface area contributed by atoms with Gasteiger partial charge in [0, 0.05) is 13.0 Å². The summed E-state index contributed by atoms with van der Waals surface area (Å²) in [6, 6.07) is 6.70. The van der Waals surface area contributed by atoms with Crippen LogP contribution >= 0.6 is 0 Å². The lowest BCUT2D eigenvalue weighted by Crippen LogP contribution is -2.05. The van der Waals surface area contributed by atoms with Gasteiger partial charge in [-0.25, -0.2) is 8.91 Å². The minimum Gasteiger partial charge on any atom is -0.469 e. The average molecular weight is 246 g/mol. The van der Waals surface area contributed by atoms with Crippen molar-refractivity contribution < 1.29 is 8.81 Å². The van der Waals surface area contributed by atoms with Gasteiger partial charge < -0.3 is 9.73 Å². The maximum absolute atomic E-state index is 13.0. The van der Waals surface area contributed by atoms with E-state index >= 15 is 0 Å². The molecule has 0 fully saturated rings. The zero-order chi connectivity index (χ0) is 12.4. The van der Waals surface area contributed by atoms with E-state index in [4.69, 9.17) is 4.42 Å². The van der Waals surface area contributed by atoms with Crippen LogP contribution in [-0.4, -0.2) is 21.1 Å². The minimum atomic E-state index is -0.338. The van der Waals surface area contributed by atoms with Crippen LogP contribution < -0.4 is 5.32 Å². The van der Waals surface area contributed by atoms with E-state index in [9.17, 15) is 4.39 Å². The van der Waals surface area contributed by atoms with E-state index < -0.39 is 0 Å². The SMILES string of the molecule is Fc1ccc2nc(NCCc3ccco3)nn2c1. The quantitative estimate of drug-likeness (QED) is 0.766. The van der Waals surface area contributed by atoms with Gasteiger partial charge in [0.2, 0.25) is 5.95 Å². The molecule has 0 bridgehead atoms. The van der Waals surface area contributed by atoms with E-state index in [2.05, 4.69) is 15.4 Å². The zero-order valence-electron chi connectivity index (χ0n) is 9.51.